The van der Waals surface area contributed by atoms with Gasteiger partial charge in [0.15, 0.2) is 5.78 Å². The smallest absolute Gasteiger partial charge is 0.430 e. The van der Waals surface area contributed by atoms with Crippen LogP contribution in [0.15, 0.2) is 17.3 Å². The minimum Gasteiger partial charge on any atom is -0.446 e. The van der Waals surface area contributed by atoms with Crippen LogP contribution in [-0.2, 0) is 9.53 Å². The number of nitriles is 1. The van der Waals surface area contributed by atoms with Crippen molar-refractivity contribution in [2.45, 2.75) is 0 Å². The highest BCUT2D eigenvalue weighted by atomic mass is 16.6. The first-order chi connectivity index (χ1) is 6.74. The van der Waals surface area contributed by atoms with Gasteiger partial charge in [-0.2, -0.15) is 15.4 Å². The molecule has 0 unspecified atom stereocenters. The van der Waals surface area contributed by atoms with Crippen molar-refractivity contribution in [2.24, 2.45) is 5.10 Å². The van der Waals surface area contributed by atoms with Gasteiger partial charge in [-0.3, -0.25) is 4.79 Å². The fraction of sp³-hybridized carbons (Fsp3) is 0.250. The SMILES string of the molecule is N#CC=CC(=O)C=NN1CCOC1=O. The molecule has 72 valence electrons. The van der Waals surface area contributed by atoms with Crippen LogP contribution < -0.4 is 0 Å². The summed E-state index contributed by atoms with van der Waals surface area (Å²) >= 11 is 0. The van der Waals surface area contributed by atoms with Gasteiger partial charge < -0.3 is 4.74 Å². The zero-order chi connectivity index (χ0) is 10.4. The first-order valence-electron chi connectivity index (χ1n) is 3.82. The van der Waals surface area contributed by atoms with Gasteiger partial charge in [-0.25, -0.2) is 4.79 Å². The topological polar surface area (TPSA) is 82.8 Å². The summed E-state index contributed by atoms with van der Waals surface area (Å²) in [7, 11) is 0. The molecule has 0 aromatic rings. The number of carbonyl (C=O) groups is 2. The Morgan fingerprint density at radius 3 is 3.07 bits per heavy atom. The van der Waals surface area contributed by atoms with Crippen LogP contribution in [0.5, 0.6) is 0 Å². The average Bonchev–Trinajstić information content (AvgIpc) is 2.58. The van der Waals surface area contributed by atoms with Crippen molar-refractivity contribution in [1.29, 1.82) is 5.26 Å². The number of amides is 1. The van der Waals surface area contributed by atoms with Gasteiger partial charge in [0.2, 0.25) is 0 Å². The van der Waals surface area contributed by atoms with Gasteiger partial charge in [0.25, 0.3) is 0 Å². The Hall–Kier alpha value is -2.16. The van der Waals surface area contributed by atoms with Gasteiger partial charge in [0.05, 0.1) is 18.8 Å². The van der Waals surface area contributed by atoms with E-state index in [0.29, 0.717) is 6.54 Å². The fourth-order valence-electron chi connectivity index (χ4n) is 0.779. The Morgan fingerprint density at radius 1 is 1.71 bits per heavy atom. The molecule has 0 aromatic heterocycles. The lowest BCUT2D eigenvalue weighted by atomic mass is 10.4. The number of ketones is 1. The summed E-state index contributed by atoms with van der Waals surface area (Å²) in [6.45, 7) is 0.614. The second-order valence-corrected chi connectivity index (χ2v) is 2.35. The van der Waals surface area contributed by atoms with Crippen molar-refractivity contribution in [3.63, 3.8) is 0 Å². The molecular weight excluding hydrogens is 186 g/mol. The Morgan fingerprint density at radius 2 is 2.50 bits per heavy atom. The summed E-state index contributed by atoms with van der Waals surface area (Å²) in [5.74, 6) is -0.453. The number of hydrazone groups is 1. The minimum absolute atomic E-state index is 0.276. The van der Waals surface area contributed by atoms with E-state index in [2.05, 4.69) is 9.84 Å². The first-order valence-corrected chi connectivity index (χ1v) is 3.82. The van der Waals surface area contributed by atoms with Crippen LogP contribution in [0.25, 0.3) is 0 Å². The molecule has 1 heterocycles. The molecule has 6 heteroatoms. The summed E-state index contributed by atoms with van der Waals surface area (Å²) in [5, 5.41) is 12.7. The number of rotatable bonds is 3. The van der Waals surface area contributed by atoms with E-state index in [9.17, 15) is 9.59 Å². The normalized spacial score (nSPS) is 16.2. The molecule has 1 amide bonds. The van der Waals surface area contributed by atoms with Crippen LogP contribution in [-0.4, -0.2) is 36.3 Å². The second kappa shape index (κ2) is 4.77. The molecule has 14 heavy (non-hydrogen) atoms. The van der Waals surface area contributed by atoms with Crippen LogP contribution in [0.3, 0.4) is 0 Å². The van der Waals surface area contributed by atoms with Crippen LogP contribution in [0, 0.1) is 11.3 Å². The molecule has 1 aliphatic rings. The third-order valence-corrected chi connectivity index (χ3v) is 1.39. The van der Waals surface area contributed by atoms with Crippen molar-refractivity contribution in [1.82, 2.24) is 5.01 Å². The van der Waals surface area contributed by atoms with E-state index in [-0.39, 0.29) is 6.61 Å². The highest BCUT2D eigenvalue weighted by molar-refractivity contribution is 6.32. The van der Waals surface area contributed by atoms with Gasteiger partial charge in [-0.05, 0) is 6.08 Å². The summed E-state index contributed by atoms with van der Waals surface area (Å²) in [6, 6.07) is 1.67. The predicted molar refractivity (Wildman–Crippen MR) is 46.3 cm³/mol. The van der Waals surface area contributed by atoms with Gasteiger partial charge in [-0.15, -0.1) is 0 Å². The molecular formula is C8H7N3O3. The Labute approximate surface area is 80.1 Å². The molecule has 0 bridgehead atoms. The van der Waals surface area contributed by atoms with Crippen molar-refractivity contribution in [3.8, 4) is 6.07 Å². The molecule has 1 fully saturated rings. The molecule has 0 aliphatic carbocycles. The zero-order valence-corrected chi connectivity index (χ0v) is 7.21. The summed E-state index contributed by atoms with van der Waals surface area (Å²) in [4.78, 5) is 21.7. The minimum atomic E-state index is -0.571. The van der Waals surface area contributed by atoms with Crippen LogP contribution in [0.2, 0.25) is 0 Å². The van der Waals surface area contributed by atoms with E-state index in [0.717, 1.165) is 23.4 Å². The lowest BCUT2D eigenvalue weighted by Crippen LogP contribution is -2.18. The Bertz CT molecular complexity index is 340. The van der Waals surface area contributed by atoms with Crippen LogP contribution in [0.4, 0.5) is 4.79 Å². The third-order valence-electron chi connectivity index (χ3n) is 1.39. The molecule has 1 rings (SSSR count). The van der Waals surface area contributed by atoms with Crippen molar-refractivity contribution < 1.29 is 14.3 Å². The fourth-order valence-corrected chi connectivity index (χ4v) is 0.779. The predicted octanol–water partition coefficient (Wildman–Crippen LogP) is 0.0733. The maximum Gasteiger partial charge on any atom is 0.430 e. The Balaban J connectivity index is 2.47. The number of allylic oxidation sites excluding steroid dienone is 2. The first kappa shape index (κ1) is 9.92. The van der Waals surface area contributed by atoms with Crippen molar-refractivity contribution >= 4 is 18.1 Å². The standard InChI is InChI=1S/C8H7N3O3/c9-3-1-2-7(12)6-10-11-4-5-14-8(11)13/h1-2,6H,4-5H2. The zero-order valence-electron chi connectivity index (χ0n) is 7.21. The molecule has 0 radical (unpaired) electrons. The van der Waals surface area contributed by atoms with Crippen LogP contribution in [0.1, 0.15) is 0 Å². The third kappa shape index (κ3) is 2.71. The van der Waals surface area contributed by atoms with Gasteiger partial charge in [0, 0.05) is 6.08 Å². The maximum absolute atomic E-state index is 10.9. The number of nitrogens with zero attached hydrogens (tertiary/aromatic N) is 3. The van der Waals surface area contributed by atoms with Crippen molar-refractivity contribution in [2.75, 3.05) is 13.2 Å². The Kier molecular flexibility index (Phi) is 3.38. The van der Waals surface area contributed by atoms with Crippen LogP contribution >= 0.6 is 0 Å². The lowest BCUT2D eigenvalue weighted by Gasteiger charge is -2.01. The van der Waals surface area contributed by atoms with E-state index in [1.807, 2.05) is 0 Å². The summed E-state index contributed by atoms with van der Waals surface area (Å²) in [5.41, 5.74) is 0. The van der Waals surface area contributed by atoms with Crippen molar-refractivity contribution in [3.05, 3.63) is 12.2 Å². The summed E-state index contributed by atoms with van der Waals surface area (Å²) < 4.78 is 4.57. The monoisotopic (exact) mass is 193 g/mol. The lowest BCUT2D eigenvalue weighted by molar-refractivity contribution is -0.108. The average molecular weight is 193 g/mol. The largest absolute Gasteiger partial charge is 0.446 e. The molecule has 0 spiro atoms. The molecule has 0 saturated carbocycles. The van der Waals surface area contributed by atoms with E-state index in [4.69, 9.17) is 5.26 Å². The van der Waals surface area contributed by atoms with E-state index in [1.54, 1.807) is 6.07 Å². The van der Waals surface area contributed by atoms with Gasteiger partial charge >= 0.3 is 6.09 Å². The van der Waals surface area contributed by atoms with E-state index >= 15 is 0 Å². The molecule has 1 saturated heterocycles. The maximum atomic E-state index is 10.9. The molecule has 0 aromatic carbocycles. The highest BCUT2D eigenvalue weighted by Gasteiger charge is 2.20. The number of cyclic esters (lactones) is 1. The quantitative estimate of drug-likeness (QED) is 0.361. The number of carbonyl (C=O) groups excluding carboxylic acids is 2. The van der Waals surface area contributed by atoms with Gasteiger partial charge in [-0.1, -0.05) is 0 Å². The number of hydrogen-bond donors (Lipinski definition) is 0. The molecule has 0 N–H and O–H groups in total. The second-order valence-electron chi connectivity index (χ2n) is 2.35. The summed E-state index contributed by atoms with van der Waals surface area (Å²) in [6.07, 6.45) is 2.49. The number of hydrogen-bond acceptors (Lipinski definition) is 5. The molecule has 1 aliphatic heterocycles. The van der Waals surface area contributed by atoms with Gasteiger partial charge in [0.1, 0.15) is 6.61 Å². The van der Waals surface area contributed by atoms with E-state index < -0.39 is 11.9 Å². The molecule has 0 atom stereocenters. The highest BCUT2D eigenvalue weighted by Crippen LogP contribution is 2.02. The number of ether oxygens (including phenoxy) is 1. The van der Waals surface area contributed by atoms with E-state index in [1.165, 1.54) is 0 Å². The molecule has 6 nitrogen and oxygen atoms in total.